The minimum Gasteiger partial charge on any atom is -0.271 e. The van der Waals surface area contributed by atoms with Crippen molar-refractivity contribution in [1.29, 1.82) is 0 Å². The van der Waals surface area contributed by atoms with Crippen LogP contribution >= 0.6 is 23.2 Å². The summed E-state index contributed by atoms with van der Waals surface area (Å²) >= 11 is 11.8. The summed E-state index contributed by atoms with van der Waals surface area (Å²) in [6.07, 6.45) is 0. The standard InChI is InChI=1S/C15H22Cl2N2O2S/c1-14(2,3)13(20)19-22(21,15(4,5)6)9-10-7-11(16)18-12(17)8-10/h7-8H,9H2,1-6H3/t22-/m1/s1. The Labute approximate surface area is 142 Å². The zero-order chi connectivity index (χ0) is 17.3. The lowest BCUT2D eigenvalue weighted by molar-refractivity contribution is -0.124. The summed E-state index contributed by atoms with van der Waals surface area (Å²) in [5.74, 6) is -0.279. The van der Waals surface area contributed by atoms with Crippen LogP contribution in [0.4, 0.5) is 0 Å². The molecule has 1 atom stereocenters. The smallest absolute Gasteiger partial charge is 0.259 e. The highest BCUT2D eigenvalue weighted by molar-refractivity contribution is 7.94. The van der Waals surface area contributed by atoms with Gasteiger partial charge in [0.25, 0.3) is 5.91 Å². The Bertz CT molecular complexity index is 674. The quantitative estimate of drug-likeness (QED) is 0.712. The number of halogens is 2. The molecular weight excluding hydrogens is 343 g/mol. The van der Waals surface area contributed by atoms with Crippen molar-refractivity contribution >= 4 is 38.8 Å². The molecule has 1 aromatic heterocycles. The van der Waals surface area contributed by atoms with E-state index in [1.807, 2.05) is 0 Å². The largest absolute Gasteiger partial charge is 0.271 e. The Morgan fingerprint density at radius 3 is 1.95 bits per heavy atom. The van der Waals surface area contributed by atoms with Crippen molar-refractivity contribution in [2.24, 2.45) is 9.78 Å². The molecule has 7 heteroatoms. The Hall–Kier alpha value is -0.650. The first-order valence-corrected chi connectivity index (χ1v) is 9.29. The predicted molar refractivity (Wildman–Crippen MR) is 92.7 cm³/mol. The van der Waals surface area contributed by atoms with Gasteiger partial charge in [-0.05, 0) is 38.5 Å². The van der Waals surface area contributed by atoms with Crippen molar-refractivity contribution in [3.05, 3.63) is 28.0 Å². The molecule has 124 valence electrons. The van der Waals surface area contributed by atoms with E-state index >= 15 is 0 Å². The van der Waals surface area contributed by atoms with Gasteiger partial charge >= 0.3 is 0 Å². The molecule has 1 heterocycles. The van der Waals surface area contributed by atoms with E-state index in [9.17, 15) is 9.00 Å². The number of pyridine rings is 1. The molecular formula is C15H22Cl2N2O2S. The molecule has 0 aliphatic carbocycles. The van der Waals surface area contributed by atoms with Gasteiger partial charge in [0.15, 0.2) is 0 Å². The highest BCUT2D eigenvalue weighted by atomic mass is 35.5. The Morgan fingerprint density at radius 2 is 1.59 bits per heavy atom. The van der Waals surface area contributed by atoms with Gasteiger partial charge in [0.05, 0.1) is 15.5 Å². The van der Waals surface area contributed by atoms with Crippen LogP contribution in [0.1, 0.15) is 47.1 Å². The number of aromatic nitrogens is 1. The van der Waals surface area contributed by atoms with Gasteiger partial charge in [-0.3, -0.25) is 4.79 Å². The maximum Gasteiger partial charge on any atom is 0.259 e. The molecule has 0 saturated heterocycles. The van der Waals surface area contributed by atoms with E-state index in [0.29, 0.717) is 5.56 Å². The molecule has 1 amide bonds. The fourth-order valence-electron chi connectivity index (χ4n) is 1.48. The van der Waals surface area contributed by atoms with E-state index in [1.54, 1.807) is 53.7 Å². The third-order valence-corrected chi connectivity index (χ3v) is 6.50. The topological polar surface area (TPSA) is 59.4 Å². The van der Waals surface area contributed by atoms with Crippen molar-refractivity contribution in [3.63, 3.8) is 0 Å². The molecule has 4 nitrogen and oxygen atoms in total. The Balaban J connectivity index is 3.40. The number of carbonyl (C=O) groups is 1. The number of nitrogens with zero attached hydrogens (tertiary/aromatic N) is 2. The second kappa shape index (κ2) is 6.46. The van der Waals surface area contributed by atoms with Crippen LogP contribution in [0.3, 0.4) is 0 Å². The van der Waals surface area contributed by atoms with Crippen LogP contribution in [0, 0.1) is 5.41 Å². The van der Waals surface area contributed by atoms with E-state index in [4.69, 9.17) is 23.2 Å². The van der Waals surface area contributed by atoms with Crippen molar-refractivity contribution in [2.75, 3.05) is 0 Å². The van der Waals surface area contributed by atoms with Gasteiger partial charge in [-0.2, -0.15) is 4.36 Å². The summed E-state index contributed by atoms with van der Waals surface area (Å²) in [6.45, 7) is 10.7. The molecule has 0 saturated carbocycles. The molecule has 0 spiro atoms. The Morgan fingerprint density at radius 1 is 1.14 bits per heavy atom. The second-order valence-electron chi connectivity index (χ2n) is 7.16. The summed E-state index contributed by atoms with van der Waals surface area (Å²) in [5, 5.41) is 0.445. The molecule has 0 unspecified atom stereocenters. The zero-order valence-electron chi connectivity index (χ0n) is 13.7. The van der Waals surface area contributed by atoms with Crippen LogP contribution < -0.4 is 0 Å². The fraction of sp³-hybridized carbons (Fsp3) is 0.600. The average Bonchev–Trinajstić information content (AvgIpc) is 2.23. The lowest BCUT2D eigenvalue weighted by Crippen LogP contribution is -2.32. The van der Waals surface area contributed by atoms with Gasteiger partial charge in [0.1, 0.15) is 10.3 Å². The maximum absolute atomic E-state index is 13.4. The zero-order valence-corrected chi connectivity index (χ0v) is 16.1. The van der Waals surface area contributed by atoms with Crippen LogP contribution in [0.2, 0.25) is 10.3 Å². The third-order valence-electron chi connectivity index (χ3n) is 3.01. The molecule has 0 aliphatic heterocycles. The Kier molecular flexibility index (Phi) is 5.69. The summed E-state index contributed by atoms with van der Waals surface area (Å²) in [5.41, 5.74) is -0.0306. The highest BCUT2D eigenvalue weighted by Gasteiger charge is 2.31. The molecule has 0 N–H and O–H groups in total. The van der Waals surface area contributed by atoms with Crippen molar-refractivity contribution < 1.29 is 9.00 Å². The normalized spacial score (nSPS) is 15.3. The fourth-order valence-corrected chi connectivity index (χ4v) is 3.92. The molecule has 0 bridgehead atoms. The van der Waals surface area contributed by atoms with E-state index in [0.717, 1.165) is 0 Å². The summed E-state index contributed by atoms with van der Waals surface area (Å²) in [4.78, 5) is 16.1. The molecule has 0 aliphatic rings. The number of amides is 1. The highest BCUT2D eigenvalue weighted by Crippen LogP contribution is 2.28. The molecule has 22 heavy (non-hydrogen) atoms. The van der Waals surface area contributed by atoms with E-state index in [-0.39, 0.29) is 22.0 Å². The lowest BCUT2D eigenvalue weighted by atomic mass is 9.96. The van der Waals surface area contributed by atoms with Gasteiger partial charge in [-0.25, -0.2) is 9.19 Å². The van der Waals surface area contributed by atoms with Crippen LogP contribution in [0.15, 0.2) is 16.5 Å². The molecule has 1 aromatic rings. The number of hydrogen-bond donors (Lipinski definition) is 0. The van der Waals surface area contributed by atoms with Gasteiger partial charge in [0, 0.05) is 10.2 Å². The molecule has 0 fully saturated rings. The summed E-state index contributed by atoms with van der Waals surface area (Å²) in [7, 11) is -2.84. The maximum atomic E-state index is 13.4. The number of carbonyl (C=O) groups excluding carboxylic acids is 1. The van der Waals surface area contributed by atoms with E-state index in [1.165, 1.54) is 0 Å². The predicted octanol–water partition coefficient (Wildman–Crippen LogP) is 4.73. The van der Waals surface area contributed by atoms with Crippen LogP contribution in [0.5, 0.6) is 0 Å². The second-order valence-corrected chi connectivity index (χ2v) is 10.9. The van der Waals surface area contributed by atoms with Crippen molar-refractivity contribution in [3.8, 4) is 0 Å². The minimum atomic E-state index is -2.84. The van der Waals surface area contributed by atoms with Crippen molar-refractivity contribution in [1.82, 2.24) is 4.98 Å². The van der Waals surface area contributed by atoms with Crippen LogP contribution in [0.25, 0.3) is 0 Å². The van der Waals surface area contributed by atoms with Gasteiger partial charge in [0.2, 0.25) is 0 Å². The van der Waals surface area contributed by atoms with Gasteiger partial charge in [-0.1, -0.05) is 44.0 Å². The first-order chi connectivity index (χ1) is 9.74. The van der Waals surface area contributed by atoms with Gasteiger partial charge in [-0.15, -0.1) is 0 Å². The van der Waals surface area contributed by atoms with Crippen LogP contribution in [-0.2, 0) is 20.3 Å². The van der Waals surface area contributed by atoms with Crippen molar-refractivity contribution in [2.45, 2.75) is 52.0 Å². The number of rotatable bonds is 2. The number of hydrogen-bond acceptors (Lipinski definition) is 3. The van der Waals surface area contributed by atoms with Gasteiger partial charge < -0.3 is 0 Å². The SMILES string of the molecule is CC(C)(C)C(=O)N=[S@@](=O)(Cc1cc(Cl)nc(Cl)c1)C(C)(C)C. The van der Waals surface area contributed by atoms with Crippen LogP contribution in [-0.4, -0.2) is 19.8 Å². The minimum absolute atomic E-state index is 0.0975. The molecule has 0 aromatic carbocycles. The summed E-state index contributed by atoms with van der Waals surface area (Å²) < 4.78 is 16.8. The summed E-state index contributed by atoms with van der Waals surface area (Å²) in [6, 6.07) is 3.19. The lowest BCUT2D eigenvalue weighted by Gasteiger charge is -2.25. The first kappa shape index (κ1) is 19.4. The monoisotopic (exact) mass is 364 g/mol. The molecule has 1 rings (SSSR count). The first-order valence-electron chi connectivity index (χ1n) is 6.85. The average molecular weight is 365 g/mol. The molecule has 0 radical (unpaired) electrons. The van der Waals surface area contributed by atoms with E-state index in [2.05, 4.69) is 9.35 Å². The van der Waals surface area contributed by atoms with E-state index < -0.39 is 19.9 Å². The third kappa shape index (κ3) is 4.93.